The Kier molecular flexibility index (Phi) is 8.73. The van der Waals surface area contributed by atoms with E-state index in [9.17, 15) is 39.5 Å². The lowest BCUT2D eigenvalue weighted by Crippen LogP contribution is -2.53. The Hall–Kier alpha value is -1.80. The van der Waals surface area contributed by atoms with Gasteiger partial charge < -0.3 is 14.2 Å². The fourth-order valence-electron chi connectivity index (χ4n) is 2.15. The summed E-state index contributed by atoms with van der Waals surface area (Å²) in [7, 11) is 0. The van der Waals surface area contributed by atoms with Gasteiger partial charge in [0.2, 0.25) is 5.88 Å². The summed E-state index contributed by atoms with van der Waals surface area (Å²) < 4.78 is 125. The summed E-state index contributed by atoms with van der Waals surface area (Å²) in [6.07, 6.45) is -15.2. The van der Waals surface area contributed by atoms with E-state index in [1.807, 2.05) is 0 Å². The number of pyridine rings is 1. The van der Waals surface area contributed by atoms with Crippen molar-refractivity contribution in [2.24, 2.45) is 0 Å². The van der Waals surface area contributed by atoms with Gasteiger partial charge in [0.25, 0.3) is 0 Å². The van der Waals surface area contributed by atoms with Gasteiger partial charge in [0.15, 0.2) is 5.75 Å². The molecular formula is C18H11BrCl2F9NO3. The van der Waals surface area contributed by atoms with Crippen LogP contribution in [0.3, 0.4) is 0 Å². The molecule has 0 N–H and O–H groups in total. The van der Waals surface area contributed by atoms with Crippen LogP contribution in [0.15, 0.2) is 30.5 Å². The van der Waals surface area contributed by atoms with E-state index in [4.69, 9.17) is 32.7 Å². The second-order valence-electron chi connectivity index (χ2n) is 6.34. The van der Waals surface area contributed by atoms with Crippen molar-refractivity contribution in [1.82, 2.24) is 4.98 Å². The molecule has 1 atom stereocenters. The van der Waals surface area contributed by atoms with E-state index in [2.05, 4.69) is 9.72 Å². The highest BCUT2D eigenvalue weighted by atomic mass is 79.9. The van der Waals surface area contributed by atoms with Gasteiger partial charge in [0.05, 0.1) is 28.8 Å². The number of nitrogens with zero attached hydrogens (tertiary/aromatic N) is 1. The van der Waals surface area contributed by atoms with E-state index in [0.717, 1.165) is 12.1 Å². The van der Waals surface area contributed by atoms with Crippen molar-refractivity contribution in [3.05, 3.63) is 46.1 Å². The molecule has 2 rings (SSSR count). The van der Waals surface area contributed by atoms with Gasteiger partial charge in [-0.15, -0.1) is 0 Å². The highest BCUT2D eigenvalue weighted by Crippen LogP contribution is 2.51. The van der Waals surface area contributed by atoms with Crippen LogP contribution in [0.1, 0.15) is 12.0 Å². The van der Waals surface area contributed by atoms with Crippen molar-refractivity contribution in [2.75, 3.05) is 13.2 Å². The lowest BCUT2D eigenvalue weighted by atomic mass is 10.3. The maximum Gasteiger partial charge on any atom is 0.453 e. The number of ether oxygens (including phenoxy) is 3. The second kappa shape index (κ2) is 10.4. The molecule has 1 aromatic carbocycles. The summed E-state index contributed by atoms with van der Waals surface area (Å²) in [4.78, 5) is 3.50. The quantitative estimate of drug-likeness (QED) is 0.165. The third-order valence-electron chi connectivity index (χ3n) is 3.79. The smallest absolute Gasteiger partial charge is 0.453 e. The van der Waals surface area contributed by atoms with Gasteiger partial charge in [0, 0.05) is 30.8 Å². The predicted octanol–water partition coefficient (Wildman–Crippen LogP) is 7.85. The zero-order chi connectivity index (χ0) is 25.9. The summed E-state index contributed by atoms with van der Waals surface area (Å²) in [6.45, 7) is -0.179. The van der Waals surface area contributed by atoms with E-state index >= 15 is 0 Å². The normalized spacial score (nSPS) is 14.5. The van der Waals surface area contributed by atoms with Crippen molar-refractivity contribution < 1.29 is 53.7 Å². The summed E-state index contributed by atoms with van der Waals surface area (Å²) in [5.74, 6) is -1.30. The van der Waals surface area contributed by atoms with Gasteiger partial charge >= 0.3 is 23.0 Å². The largest absolute Gasteiger partial charge is 0.490 e. The van der Waals surface area contributed by atoms with Gasteiger partial charge in [-0.2, -0.15) is 35.1 Å². The maximum atomic E-state index is 13.7. The summed E-state index contributed by atoms with van der Waals surface area (Å²) >= 11 is 13.0. The number of aromatic nitrogens is 1. The second-order valence-corrected chi connectivity index (χ2v) is 8.25. The number of alkyl halides is 10. The van der Waals surface area contributed by atoms with Crippen LogP contribution in [0, 0.1) is 0 Å². The van der Waals surface area contributed by atoms with E-state index in [-0.39, 0.29) is 31.3 Å². The lowest BCUT2D eigenvalue weighted by Gasteiger charge is -2.29. The van der Waals surface area contributed by atoms with Crippen LogP contribution >= 0.6 is 39.1 Å². The molecule has 190 valence electrons. The van der Waals surface area contributed by atoms with Crippen molar-refractivity contribution in [2.45, 2.75) is 29.5 Å². The molecule has 16 heteroatoms. The van der Waals surface area contributed by atoms with Crippen molar-refractivity contribution >= 4 is 39.1 Å². The maximum absolute atomic E-state index is 13.7. The van der Waals surface area contributed by atoms with Gasteiger partial charge in [0.1, 0.15) is 5.75 Å². The molecule has 0 spiro atoms. The van der Waals surface area contributed by atoms with Crippen LogP contribution in [0.25, 0.3) is 0 Å². The molecule has 0 aliphatic carbocycles. The Labute approximate surface area is 204 Å². The third-order valence-corrected chi connectivity index (χ3v) is 5.26. The fourth-order valence-corrected chi connectivity index (χ4v) is 2.81. The van der Waals surface area contributed by atoms with Gasteiger partial charge in [-0.25, -0.2) is 9.37 Å². The number of halogens is 12. The highest BCUT2D eigenvalue weighted by molar-refractivity contribution is 9.10. The monoisotopic (exact) mass is 609 g/mol. The third kappa shape index (κ3) is 6.87. The average Bonchev–Trinajstić information content (AvgIpc) is 2.68. The Morgan fingerprint density at radius 2 is 1.41 bits per heavy atom. The molecule has 2 aromatic rings. The minimum atomic E-state index is -6.01. The molecule has 0 radical (unpaired) electrons. The number of hydrogen-bond donors (Lipinski definition) is 0. The van der Waals surface area contributed by atoms with E-state index in [1.54, 1.807) is 0 Å². The molecule has 4 nitrogen and oxygen atoms in total. The Balaban J connectivity index is 1.93. The standard InChI is InChI=1S/C18H11BrCl2F9NO3/c19-16(25,17(26,27)28)18(29,30)34-10-6-11(20)14(12(21)7-10)33-5-1-4-32-13-3-2-9(8-31-13)15(22,23)24/h2-3,6-8H,1,4-5H2. The Morgan fingerprint density at radius 3 is 1.88 bits per heavy atom. The Morgan fingerprint density at radius 1 is 0.853 bits per heavy atom. The van der Waals surface area contributed by atoms with Crippen LogP contribution in [0.2, 0.25) is 10.0 Å². The number of hydrogen-bond acceptors (Lipinski definition) is 4. The summed E-state index contributed by atoms with van der Waals surface area (Å²) in [5, 5.41) is -0.871. The van der Waals surface area contributed by atoms with Crippen LogP contribution in [-0.4, -0.2) is 35.1 Å². The molecule has 0 aliphatic rings. The van der Waals surface area contributed by atoms with Gasteiger partial charge in [-0.3, -0.25) is 0 Å². The van der Waals surface area contributed by atoms with Crippen LogP contribution < -0.4 is 14.2 Å². The van der Waals surface area contributed by atoms with Crippen molar-refractivity contribution in [3.63, 3.8) is 0 Å². The SMILES string of the molecule is FC(F)(F)c1ccc(OCCCOc2c(Cl)cc(OC(F)(F)C(F)(Br)C(F)(F)F)cc2Cl)nc1. The first kappa shape index (κ1) is 28.4. The first-order valence-electron chi connectivity index (χ1n) is 8.75. The Bertz CT molecular complexity index is 963. The molecular weight excluding hydrogens is 600 g/mol. The molecule has 34 heavy (non-hydrogen) atoms. The van der Waals surface area contributed by atoms with E-state index in [0.29, 0.717) is 18.3 Å². The molecule has 0 bridgehead atoms. The predicted molar refractivity (Wildman–Crippen MR) is 106 cm³/mol. The van der Waals surface area contributed by atoms with Crippen LogP contribution in [0.5, 0.6) is 17.4 Å². The average molecular weight is 611 g/mol. The lowest BCUT2D eigenvalue weighted by molar-refractivity contribution is -0.318. The fraction of sp³-hybridized carbons (Fsp3) is 0.389. The minimum Gasteiger partial charge on any atom is -0.490 e. The molecule has 1 unspecified atom stereocenters. The molecule has 1 aromatic heterocycles. The van der Waals surface area contributed by atoms with E-state index in [1.165, 1.54) is 15.9 Å². The van der Waals surface area contributed by atoms with Crippen LogP contribution in [0.4, 0.5) is 39.5 Å². The molecule has 0 saturated carbocycles. The zero-order valence-electron chi connectivity index (χ0n) is 16.2. The van der Waals surface area contributed by atoms with Gasteiger partial charge in [-0.1, -0.05) is 23.2 Å². The number of rotatable bonds is 9. The summed E-state index contributed by atoms with van der Waals surface area (Å²) in [6, 6.07) is 3.07. The number of benzene rings is 1. The van der Waals surface area contributed by atoms with Crippen LogP contribution in [-0.2, 0) is 6.18 Å². The zero-order valence-corrected chi connectivity index (χ0v) is 19.3. The highest BCUT2D eigenvalue weighted by Gasteiger charge is 2.72. The van der Waals surface area contributed by atoms with Crippen molar-refractivity contribution in [1.29, 1.82) is 0 Å². The van der Waals surface area contributed by atoms with E-state index < -0.39 is 44.4 Å². The van der Waals surface area contributed by atoms with Crippen molar-refractivity contribution in [3.8, 4) is 17.4 Å². The molecule has 0 aliphatic heterocycles. The minimum absolute atomic E-state index is 0.0533. The summed E-state index contributed by atoms with van der Waals surface area (Å²) in [5.41, 5.74) is -0.954. The molecule has 0 saturated heterocycles. The topological polar surface area (TPSA) is 40.6 Å². The van der Waals surface area contributed by atoms with Gasteiger partial charge in [-0.05, 0) is 22.0 Å². The molecule has 0 amide bonds. The first-order chi connectivity index (χ1) is 15.5. The molecule has 1 heterocycles. The molecule has 0 fully saturated rings. The first-order valence-corrected chi connectivity index (χ1v) is 10.3.